The van der Waals surface area contributed by atoms with Crippen LogP contribution in [0.2, 0.25) is 0 Å². The minimum absolute atomic E-state index is 0.308. The SMILES string of the molecule is COc1cccc(C=NNC(=O)c2cc3c(OC)cc(OC)c(OC)c3[nH]2)c1. The number of hydrogen-bond acceptors (Lipinski definition) is 6. The topological polar surface area (TPSA) is 94.2 Å². The Morgan fingerprint density at radius 1 is 1.00 bits per heavy atom. The van der Waals surface area contributed by atoms with E-state index >= 15 is 0 Å². The maximum Gasteiger partial charge on any atom is 0.287 e. The second kappa shape index (κ2) is 8.34. The van der Waals surface area contributed by atoms with Crippen LogP contribution in [0.3, 0.4) is 0 Å². The van der Waals surface area contributed by atoms with Crippen LogP contribution in [0.5, 0.6) is 23.0 Å². The molecule has 1 heterocycles. The molecule has 0 aliphatic carbocycles. The van der Waals surface area contributed by atoms with E-state index < -0.39 is 5.91 Å². The molecule has 2 N–H and O–H groups in total. The van der Waals surface area contributed by atoms with Crippen LogP contribution in [-0.2, 0) is 0 Å². The number of ether oxygens (including phenoxy) is 4. The molecule has 146 valence electrons. The minimum Gasteiger partial charge on any atom is -0.497 e. The first-order chi connectivity index (χ1) is 13.6. The van der Waals surface area contributed by atoms with Crippen molar-refractivity contribution >= 4 is 23.0 Å². The highest BCUT2D eigenvalue weighted by molar-refractivity contribution is 6.02. The molecule has 0 saturated heterocycles. The van der Waals surface area contributed by atoms with Crippen molar-refractivity contribution in [2.45, 2.75) is 0 Å². The number of rotatable bonds is 7. The molecule has 0 spiro atoms. The molecule has 0 aliphatic rings. The average Bonchev–Trinajstić information content (AvgIpc) is 3.18. The monoisotopic (exact) mass is 383 g/mol. The maximum atomic E-state index is 12.5. The first-order valence-electron chi connectivity index (χ1n) is 8.40. The van der Waals surface area contributed by atoms with Crippen molar-refractivity contribution < 1.29 is 23.7 Å². The number of H-pyrrole nitrogens is 1. The number of aromatic nitrogens is 1. The first-order valence-corrected chi connectivity index (χ1v) is 8.40. The molecule has 0 aliphatic heterocycles. The number of nitrogens with zero attached hydrogens (tertiary/aromatic N) is 1. The molecular formula is C20H21N3O5. The van der Waals surface area contributed by atoms with Gasteiger partial charge in [-0.05, 0) is 23.8 Å². The van der Waals surface area contributed by atoms with Gasteiger partial charge in [0.15, 0.2) is 11.5 Å². The summed E-state index contributed by atoms with van der Waals surface area (Å²) in [5.41, 5.74) is 4.20. The normalized spacial score (nSPS) is 10.9. The van der Waals surface area contributed by atoms with E-state index in [1.807, 2.05) is 18.2 Å². The summed E-state index contributed by atoms with van der Waals surface area (Å²) in [7, 11) is 6.20. The van der Waals surface area contributed by atoms with Gasteiger partial charge in [0.25, 0.3) is 5.91 Å². The highest BCUT2D eigenvalue weighted by Crippen LogP contribution is 2.41. The molecule has 3 aromatic rings. The van der Waals surface area contributed by atoms with Crippen molar-refractivity contribution in [2.75, 3.05) is 28.4 Å². The number of fused-ring (bicyclic) bond motifs is 1. The summed E-state index contributed by atoms with van der Waals surface area (Å²) in [6.45, 7) is 0. The highest BCUT2D eigenvalue weighted by atomic mass is 16.5. The van der Waals surface area contributed by atoms with E-state index in [1.165, 1.54) is 20.4 Å². The second-order valence-corrected chi connectivity index (χ2v) is 5.76. The fourth-order valence-electron chi connectivity index (χ4n) is 2.81. The maximum absolute atomic E-state index is 12.5. The predicted molar refractivity (Wildman–Crippen MR) is 106 cm³/mol. The molecule has 3 rings (SSSR count). The number of carbonyl (C=O) groups is 1. The van der Waals surface area contributed by atoms with Crippen LogP contribution in [0.25, 0.3) is 10.9 Å². The summed E-state index contributed by atoms with van der Waals surface area (Å²) in [5, 5.41) is 4.69. The van der Waals surface area contributed by atoms with Crippen molar-refractivity contribution in [2.24, 2.45) is 5.10 Å². The van der Waals surface area contributed by atoms with Gasteiger partial charge in [0, 0.05) is 11.5 Å². The van der Waals surface area contributed by atoms with Crippen molar-refractivity contribution in [1.29, 1.82) is 0 Å². The number of methoxy groups -OCH3 is 4. The number of carbonyl (C=O) groups excluding carboxylic acids is 1. The first kappa shape index (κ1) is 19.1. The van der Waals surface area contributed by atoms with Gasteiger partial charge in [-0.2, -0.15) is 5.10 Å². The fourth-order valence-corrected chi connectivity index (χ4v) is 2.81. The van der Waals surface area contributed by atoms with Crippen molar-refractivity contribution in [3.63, 3.8) is 0 Å². The molecule has 0 fully saturated rings. The van der Waals surface area contributed by atoms with Gasteiger partial charge < -0.3 is 23.9 Å². The zero-order chi connectivity index (χ0) is 20.1. The number of nitrogens with one attached hydrogen (secondary N) is 2. The van der Waals surface area contributed by atoms with Gasteiger partial charge in [0.05, 0.1) is 40.2 Å². The Morgan fingerprint density at radius 2 is 1.79 bits per heavy atom. The van der Waals surface area contributed by atoms with E-state index in [1.54, 1.807) is 32.4 Å². The van der Waals surface area contributed by atoms with E-state index in [-0.39, 0.29) is 0 Å². The molecule has 8 nitrogen and oxygen atoms in total. The quantitative estimate of drug-likeness (QED) is 0.483. The summed E-state index contributed by atoms with van der Waals surface area (Å²) in [6.07, 6.45) is 1.53. The summed E-state index contributed by atoms with van der Waals surface area (Å²) in [6, 6.07) is 10.7. The standard InChI is InChI=1S/C20H21N3O5/c1-25-13-7-5-6-12(8-13)11-21-23-20(24)15-9-14-16(26-2)10-17(27-3)19(28-4)18(14)22-15/h5-11,22H,1-4H3,(H,23,24). The van der Waals surface area contributed by atoms with Crippen LogP contribution < -0.4 is 24.4 Å². The van der Waals surface area contributed by atoms with Gasteiger partial charge in [-0.15, -0.1) is 0 Å². The van der Waals surface area contributed by atoms with Crippen molar-refractivity contribution in [1.82, 2.24) is 10.4 Å². The smallest absolute Gasteiger partial charge is 0.287 e. The third kappa shape index (κ3) is 3.71. The van der Waals surface area contributed by atoms with Crippen molar-refractivity contribution in [3.05, 3.63) is 47.7 Å². The van der Waals surface area contributed by atoms with Crippen molar-refractivity contribution in [3.8, 4) is 23.0 Å². The molecule has 0 atom stereocenters. The number of aromatic amines is 1. The van der Waals surface area contributed by atoms with Gasteiger partial charge in [0.1, 0.15) is 17.2 Å². The minimum atomic E-state index is -0.404. The van der Waals surface area contributed by atoms with Crippen LogP contribution in [0.1, 0.15) is 16.1 Å². The van der Waals surface area contributed by atoms with Gasteiger partial charge in [0.2, 0.25) is 0 Å². The second-order valence-electron chi connectivity index (χ2n) is 5.76. The molecule has 8 heteroatoms. The Bertz CT molecular complexity index is 1030. The summed E-state index contributed by atoms with van der Waals surface area (Å²) in [4.78, 5) is 15.5. The van der Waals surface area contributed by atoms with Crippen LogP contribution >= 0.6 is 0 Å². The van der Waals surface area contributed by atoms with E-state index in [0.717, 1.165) is 5.56 Å². The Labute approximate surface area is 162 Å². The molecule has 1 amide bonds. The molecular weight excluding hydrogens is 362 g/mol. The van der Waals surface area contributed by atoms with Crippen LogP contribution in [-0.4, -0.2) is 45.5 Å². The number of amides is 1. The predicted octanol–water partition coefficient (Wildman–Crippen LogP) is 2.97. The number of hydrogen-bond donors (Lipinski definition) is 2. The Hall–Kier alpha value is -3.68. The Balaban J connectivity index is 1.86. The molecule has 1 aromatic heterocycles. The molecule has 2 aromatic carbocycles. The van der Waals surface area contributed by atoms with Crippen LogP contribution in [0.15, 0.2) is 41.5 Å². The molecule has 0 bridgehead atoms. The van der Waals surface area contributed by atoms with Gasteiger partial charge >= 0.3 is 0 Å². The van der Waals surface area contributed by atoms with Gasteiger partial charge in [-0.3, -0.25) is 4.79 Å². The zero-order valence-corrected chi connectivity index (χ0v) is 16.0. The molecule has 0 radical (unpaired) electrons. The number of benzene rings is 2. The highest BCUT2D eigenvalue weighted by Gasteiger charge is 2.19. The fraction of sp³-hybridized carbons (Fsp3) is 0.200. The Kier molecular flexibility index (Phi) is 5.69. The average molecular weight is 383 g/mol. The van der Waals surface area contributed by atoms with E-state index in [0.29, 0.717) is 39.6 Å². The zero-order valence-electron chi connectivity index (χ0n) is 16.0. The third-order valence-electron chi connectivity index (χ3n) is 4.16. The van der Waals surface area contributed by atoms with Gasteiger partial charge in [-0.1, -0.05) is 12.1 Å². The Morgan fingerprint density at radius 3 is 2.46 bits per heavy atom. The third-order valence-corrected chi connectivity index (χ3v) is 4.16. The lowest BCUT2D eigenvalue weighted by Gasteiger charge is -2.11. The lowest BCUT2D eigenvalue weighted by molar-refractivity contribution is 0.0951. The molecule has 0 saturated carbocycles. The number of hydrazone groups is 1. The van der Waals surface area contributed by atoms with E-state index in [9.17, 15) is 4.79 Å². The summed E-state index contributed by atoms with van der Waals surface area (Å²) >= 11 is 0. The van der Waals surface area contributed by atoms with Gasteiger partial charge in [-0.25, -0.2) is 5.43 Å². The molecule has 0 unspecified atom stereocenters. The molecule has 28 heavy (non-hydrogen) atoms. The van der Waals surface area contributed by atoms with E-state index in [4.69, 9.17) is 18.9 Å². The largest absolute Gasteiger partial charge is 0.497 e. The van der Waals surface area contributed by atoms with Crippen LogP contribution in [0.4, 0.5) is 0 Å². The van der Waals surface area contributed by atoms with Crippen LogP contribution in [0, 0.1) is 0 Å². The van der Waals surface area contributed by atoms with E-state index in [2.05, 4.69) is 15.5 Å². The lowest BCUT2D eigenvalue weighted by atomic mass is 10.2. The summed E-state index contributed by atoms with van der Waals surface area (Å²) in [5.74, 6) is 1.84. The lowest BCUT2D eigenvalue weighted by Crippen LogP contribution is -2.17. The summed E-state index contributed by atoms with van der Waals surface area (Å²) < 4.78 is 21.3.